The zero-order chi connectivity index (χ0) is 16.7. The normalized spacial score (nSPS) is 10.0. The number of carbonyl (C=O) groups excluding carboxylic acids is 1. The molecule has 0 radical (unpaired) electrons. The van der Waals surface area contributed by atoms with Crippen LogP contribution in [0.2, 0.25) is 0 Å². The third kappa shape index (κ3) is 4.99. The van der Waals surface area contributed by atoms with Gasteiger partial charge >= 0.3 is 0 Å². The largest absolute Gasteiger partial charge is 0.490 e. The Morgan fingerprint density at radius 3 is 2.57 bits per heavy atom. The van der Waals surface area contributed by atoms with Gasteiger partial charge in [-0.15, -0.1) is 0 Å². The molecule has 1 amide bonds. The molecule has 2 aromatic rings. The predicted molar refractivity (Wildman–Crippen MR) is 100 cm³/mol. The Morgan fingerprint density at radius 2 is 1.91 bits per heavy atom. The summed E-state index contributed by atoms with van der Waals surface area (Å²) >= 11 is 2.22. The van der Waals surface area contributed by atoms with Crippen molar-refractivity contribution in [3.8, 4) is 11.5 Å². The molecule has 0 spiro atoms. The lowest BCUT2D eigenvalue weighted by Gasteiger charge is -2.12. The first-order valence-corrected chi connectivity index (χ1v) is 8.29. The standard InChI is InChI=1S/C18H18INO3/c1-3-11-23-16-10-5-13(12-17(16)22-4-2)18(21)20-15-8-6-14(19)7-9-15/h3,5-10,12H,1,4,11H2,2H3,(H,20,21). The van der Waals surface area contributed by atoms with Crippen molar-refractivity contribution < 1.29 is 14.3 Å². The monoisotopic (exact) mass is 423 g/mol. The molecule has 0 fully saturated rings. The number of benzene rings is 2. The second-order valence-electron chi connectivity index (χ2n) is 4.66. The lowest BCUT2D eigenvalue weighted by Crippen LogP contribution is -2.12. The summed E-state index contributed by atoms with van der Waals surface area (Å²) in [5.74, 6) is 0.949. The molecule has 5 heteroatoms. The number of nitrogens with one attached hydrogen (secondary N) is 1. The lowest BCUT2D eigenvalue weighted by atomic mass is 10.2. The van der Waals surface area contributed by atoms with Gasteiger partial charge in [0.15, 0.2) is 11.5 Å². The second-order valence-corrected chi connectivity index (χ2v) is 5.90. The van der Waals surface area contributed by atoms with Gasteiger partial charge < -0.3 is 14.8 Å². The van der Waals surface area contributed by atoms with E-state index in [-0.39, 0.29) is 5.91 Å². The van der Waals surface area contributed by atoms with Crippen molar-refractivity contribution in [2.45, 2.75) is 6.92 Å². The average molecular weight is 423 g/mol. The van der Waals surface area contributed by atoms with E-state index in [9.17, 15) is 4.79 Å². The van der Waals surface area contributed by atoms with Crippen LogP contribution in [0, 0.1) is 3.57 Å². The van der Waals surface area contributed by atoms with Crippen molar-refractivity contribution >= 4 is 34.2 Å². The highest BCUT2D eigenvalue weighted by Crippen LogP contribution is 2.29. The van der Waals surface area contributed by atoms with E-state index >= 15 is 0 Å². The number of hydrogen-bond acceptors (Lipinski definition) is 3. The Morgan fingerprint density at radius 1 is 1.17 bits per heavy atom. The molecule has 23 heavy (non-hydrogen) atoms. The Hall–Kier alpha value is -2.02. The molecule has 0 aliphatic heterocycles. The first kappa shape index (κ1) is 17.3. The number of carbonyl (C=O) groups is 1. The molecule has 0 bridgehead atoms. The summed E-state index contributed by atoms with van der Waals surface area (Å²) in [6, 6.07) is 12.7. The summed E-state index contributed by atoms with van der Waals surface area (Å²) in [6.45, 7) is 6.38. The van der Waals surface area contributed by atoms with Gasteiger partial charge in [-0.25, -0.2) is 0 Å². The molecule has 0 heterocycles. The summed E-state index contributed by atoms with van der Waals surface area (Å²) in [6.07, 6.45) is 1.66. The van der Waals surface area contributed by atoms with Gasteiger partial charge in [-0.1, -0.05) is 12.7 Å². The van der Waals surface area contributed by atoms with Crippen LogP contribution in [0.5, 0.6) is 11.5 Å². The molecule has 1 N–H and O–H groups in total. The minimum atomic E-state index is -0.192. The van der Waals surface area contributed by atoms with Crippen molar-refractivity contribution in [3.63, 3.8) is 0 Å². The third-order valence-electron chi connectivity index (χ3n) is 2.96. The first-order chi connectivity index (χ1) is 11.1. The highest BCUT2D eigenvalue weighted by molar-refractivity contribution is 14.1. The summed E-state index contributed by atoms with van der Waals surface area (Å²) in [7, 11) is 0. The van der Waals surface area contributed by atoms with Crippen LogP contribution in [-0.2, 0) is 0 Å². The number of halogens is 1. The van der Waals surface area contributed by atoms with E-state index in [0.717, 1.165) is 9.26 Å². The van der Waals surface area contributed by atoms with E-state index in [1.807, 2.05) is 31.2 Å². The summed E-state index contributed by atoms with van der Waals surface area (Å²) in [5, 5.41) is 2.86. The summed E-state index contributed by atoms with van der Waals surface area (Å²) < 4.78 is 12.2. The maximum Gasteiger partial charge on any atom is 0.255 e. The average Bonchev–Trinajstić information content (AvgIpc) is 2.56. The fourth-order valence-electron chi connectivity index (χ4n) is 1.92. The van der Waals surface area contributed by atoms with E-state index in [2.05, 4.69) is 34.5 Å². The van der Waals surface area contributed by atoms with Gasteiger partial charge in [0, 0.05) is 14.8 Å². The fraction of sp³-hybridized carbons (Fsp3) is 0.167. The molecule has 2 rings (SSSR count). The Bertz CT molecular complexity index is 683. The molecule has 0 saturated heterocycles. The first-order valence-electron chi connectivity index (χ1n) is 7.21. The minimum absolute atomic E-state index is 0.192. The van der Waals surface area contributed by atoms with Crippen LogP contribution in [0.4, 0.5) is 5.69 Å². The lowest BCUT2D eigenvalue weighted by molar-refractivity contribution is 0.102. The summed E-state index contributed by atoms with van der Waals surface area (Å²) in [4.78, 5) is 12.4. The van der Waals surface area contributed by atoms with Gasteiger partial charge in [0.25, 0.3) is 5.91 Å². The number of hydrogen-bond donors (Lipinski definition) is 1. The second kappa shape index (κ2) is 8.57. The third-order valence-corrected chi connectivity index (χ3v) is 3.68. The number of anilines is 1. The van der Waals surface area contributed by atoms with E-state index in [1.165, 1.54) is 0 Å². The van der Waals surface area contributed by atoms with Crippen molar-refractivity contribution in [2.24, 2.45) is 0 Å². The van der Waals surface area contributed by atoms with Gasteiger partial charge in [0.2, 0.25) is 0 Å². The van der Waals surface area contributed by atoms with Crippen LogP contribution in [-0.4, -0.2) is 19.1 Å². The smallest absolute Gasteiger partial charge is 0.255 e. The van der Waals surface area contributed by atoms with Gasteiger partial charge in [0.1, 0.15) is 6.61 Å². The molecular weight excluding hydrogens is 405 g/mol. The molecule has 2 aromatic carbocycles. The van der Waals surface area contributed by atoms with Crippen LogP contribution >= 0.6 is 22.6 Å². The van der Waals surface area contributed by atoms with Crippen molar-refractivity contribution in [1.82, 2.24) is 0 Å². The number of amides is 1. The highest BCUT2D eigenvalue weighted by atomic mass is 127. The van der Waals surface area contributed by atoms with Crippen molar-refractivity contribution in [2.75, 3.05) is 18.5 Å². The van der Waals surface area contributed by atoms with Crippen LogP contribution in [0.3, 0.4) is 0 Å². The number of rotatable bonds is 7. The van der Waals surface area contributed by atoms with Gasteiger partial charge in [-0.3, -0.25) is 4.79 Å². The molecule has 0 atom stereocenters. The van der Waals surface area contributed by atoms with E-state index in [0.29, 0.717) is 30.3 Å². The predicted octanol–water partition coefficient (Wildman–Crippen LogP) is 4.51. The Balaban J connectivity index is 2.17. The molecule has 0 aliphatic carbocycles. The van der Waals surface area contributed by atoms with Crippen LogP contribution in [0.15, 0.2) is 55.1 Å². The zero-order valence-corrected chi connectivity index (χ0v) is 15.0. The van der Waals surface area contributed by atoms with E-state index in [4.69, 9.17) is 9.47 Å². The minimum Gasteiger partial charge on any atom is -0.490 e. The maximum absolute atomic E-state index is 12.4. The Kier molecular flexibility index (Phi) is 6.46. The van der Waals surface area contributed by atoms with Gasteiger partial charge in [-0.05, 0) is 72.0 Å². The van der Waals surface area contributed by atoms with Gasteiger partial charge in [-0.2, -0.15) is 0 Å². The van der Waals surface area contributed by atoms with Crippen molar-refractivity contribution in [1.29, 1.82) is 0 Å². The van der Waals surface area contributed by atoms with E-state index < -0.39 is 0 Å². The van der Waals surface area contributed by atoms with Crippen LogP contribution in [0.25, 0.3) is 0 Å². The quantitative estimate of drug-likeness (QED) is 0.527. The van der Waals surface area contributed by atoms with E-state index in [1.54, 1.807) is 24.3 Å². The topological polar surface area (TPSA) is 47.6 Å². The molecule has 0 aromatic heterocycles. The Labute approximate surface area is 149 Å². The molecule has 0 unspecified atom stereocenters. The number of ether oxygens (including phenoxy) is 2. The molecule has 0 aliphatic rings. The molecular formula is C18H18INO3. The molecule has 4 nitrogen and oxygen atoms in total. The van der Waals surface area contributed by atoms with Crippen LogP contribution < -0.4 is 14.8 Å². The highest BCUT2D eigenvalue weighted by Gasteiger charge is 2.12. The van der Waals surface area contributed by atoms with Crippen molar-refractivity contribution in [3.05, 3.63) is 64.3 Å². The molecule has 0 saturated carbocycles. The van der Waals surface area contributed by atoms with Gasteiger partial charge in [0.05, 0.1) is 6.61 Å². The molecule has 120 valence electrons. The van der Waals surface area contributed by atoms with Crippen LogP contribution in [0.1, 0.15) is 17.3 Å². The SMILES string of the molecule is C=CCOc1ccc(C(=O)Nc2ccc(I)cc2)cc1OCC. The fourth-order valence-corrected chi connectivity index (χ4v) is 2.28. The summed E-state index contributed by atoms with van der Waals surface area (Å²) in [5.41, 5.74) is 1.26. The zero-order valence-electron chi connectivity index (χ0n) is 12.8. The maximum atomic E-state index is 12.4.